The van der Waals surface area contributed by atoms with Gasteiger partial charge < -0.3 is 15.3 Å². The molecule has 0 spiro atoms. The van der Waals surface area contributed by atoms with Crippen molar-refractivity contribution in [3.05, 3.63) is 29.3 Å². The van der Waals surface area contributed by atoms with Crippen molar-refractivity contribution in [3.8, 4) is 5.75 Å². The van der Waals surface area contributed by atoms with Crippen LogP contribution >= 0.6 is 12.2 Å². The van der Waals surface area contributed by atoms with Gasteiger partial charge in [-0.25, -0.2) is 0 Å². The van der Waals surface area contributed by atoms with Gasteiger partial charge in [0, 0.05) is 11.6 Å². The van der Waals surface area contributed by atoms with Crippen LogP contribution in [0.25, 0.3) is 0 Å². The average Bonchev–Trinajstić information content (AvgIpc) is 2.55. The molecule has 24 heavy (non-hydrogen) atoms. The van der Waals surface area contributed by atoms with E-state index in [1.807, 2.05) is 32.9 Å². The fourth-order valence-corrected chi connectivity index (χ4v) is 3.23. The molecule has 0 radical (unpaired) electrons. The number of hydrazone groups is 1. The van der Waals surface area contributed by atoms with Gasteiger partial charge in [0.15, 0.2) is 5.11 Å². The molecule has 2 rings (SSSR count). The summed E-state index contributed by atoms with van der Waals surface area (Å²) in [5, 5.41) is 18.1. The first-order valence-corrected chi connectivity index (χ1v) is 9.13. The van der Waals surface area contributed by atoms with Crippen molar-refractivity contribution in [2.45, 2.75) is 52.6 Å². The first-order valence-electron chi connectivity index (χ1n) is 8.72. The number of benzene rings is 1. The topological polar surface area (TPSA) is 61.1 Å². The molecule has 1 fully saturated rings. The number of hydrogen-bond acceptors (Lipinski definition) is 3. The van der Waals surface area contributed by atoms with Crippen molar-refractivity contribution in [2.75, 3.05) is 13.1 Å². The number of rotatable bonds is 5. The average molecular weight is 350 g/mol. The van der Waals surface area contributed by atoms with Crippen LogP contribution in [0.2, 0.25) is 0 Å². The third-order valence-electron chi connectivity index (χ3n) is 4.24. The second-order valence-electron chi connectivity index (χ2n) is 6.77. The smallest absolute Gasteiger partial charge is 0.187 e. The zero-order chi connectivity index (χ0) is 17.5. The summed E-state index contributed by atoms with van der Waals surface area (Å²) in [6.45, 7) is 9.24. The molecule has 0 bridgehead atoms. The van der Waals surface area contributed by atoms with Crippen molar-refractivity contribution in [1.82, 2.24) is 10.7 Å². The first kappa shape index (κ1) is 18.7. The van der Waals surface area contributed by atoms with E-state index in [1.165, 1.54) is 32.4 Å². The highest BCUT2D eigenvalue weighted by Crippen LogP contribution is 2.18. The number of nitrogens with zero attached hydrogens (tertiary/aromatic N) is 1. The van der Waals surface area contributed by atoms with E-state index >= 15 is 0 Å². The molecule has 6 heteroatoms. The lowest BCUT2D eigenvalue weighted by molar-refractivity contribution is -0.918. The van der Waals surface area contributed by atoms with Crippen molar-refractivity contribution < 1.29 is 10.0 Å². The number of hydrogen-bond donors (Lipinski definition) is 4. The van der Waals surface area contributed by atoms with Gasteiger partial charge in [0.1, 0.15) is 12.3 Å². The Hall–Kier alpha value is -1.66. The molecular weight excluding hydrogens is 320 g/mol. The number of phenolic OH excluding ortho intramolecular Hbond substituents is 1. The Morgan fingerprint density at radius 3 is 2.67 bits per heavy atom. The van der Waals surface area contributed by atoms with Crippen LogP contribution in [0.4, 0.5) is 0 Å². The normalized spacial score (nSPS) is 16.2. The Morgan fingerprint density at radius 2 is 2.00 bits per heavy atom. The van der Waals surface area contributed by atoms with Gasteiger partial charge in [-0.05, 0) is 76.0 Å². The highest BCUT2D eigenvalue weighted by atomic mass is 32.1. The highest BCUT2D eigenvalue weighted by Gasteiger charge is 2.16. The summed E-state index contributed by atoms with van der Waals surface area (Å²) < 4.78 is 0. The molecule has 1 aliphatic rings. The van der Waals surface area contributed by atoms with E-state index in [9.17, 15) is 5.11 Å². The first-order chi connectivity index (χ1) is 11.5. The Morgan fingerprint density at radius 1 is 1.29 bits per heavy atom. The molecule has 0 amide bonds. The number of phenols is 1. The molecule has 0 atom stereocenters. The summed E-state index contributed by atoms with van der Waals surface area (Å²) >= 11 is 5.18. The Balaban J connectivity index is 2.04. The summed E-state index contributed by atoms with van der Waals surface area (Å²) in [4.78, 5) is 1.55. The van der Waals surface area contributed by atoms with Gasteiger partial charge in [0.2, 0.25) is 0 Å². The lowest BCUT2D eigenvalue weighted by Crippen LogP contribution is -3.11. The largest absolute Gasteiger partial charge is 0.507 e. The number of quaternary nitrogens is 1. The maximum atomic E-state index is 10.2. The van der Waals surface area contributed by atoms with Gasteiger partial charge in [0.05, 0.1) is 18.8 Å². The minimum atomic E-state index is 0.272. The van der Waals surface area contributed by atoms with Crippen LogP contribution in [-0.4, -0.2) is 35.1 Å². The minimum absolute atomic E-state index is 0.272. The third kappa shape index (κ3) is 5.76. The minimum Gasteiger partial charge on any atom is -0.507 e. The van der Waals surface area contributed by atoms with Gasteiger partial charge in [-0.1, -0.05) is 0 Å². The summed E-state index contributed by atoms with van der Waals surface area (Å²) in [6, 6.07) is 5.96. The SMILES string of the molecule is C/C(=N\NC(=S)NC(C)C)c1ccc(O)c(C[NH+]2CCCCC2)c1. The van der Waals surface area contributed by atoms with Crippen molar-refractivity contribution in [1.29, 1.82) is 0 Å². The van der Waals surface area contributed by atoms with E-state index in [-0.39, 0.29) is 6.04 Å². The molecule has 132 valence electrons. The molecule has 1 saturated heterocycles. The lowest BCUT2D eigenvalue weighted by atomic mass is 10.0. The third-order valence-corrected chi connectivity index (χ3v) is 4.45. The van der Waals surface area contributed by atoms with Crippen LogP contribution < -0.4 is 15.6 Å². The quantitative estimate of drug-likeness (QED) is 0.370. The second-order valence-corrected chi connectivity index (χ2v) is 7.18. The fourth-order valence-electron chi connectivity index (χ4n) is 2.94. The van der Waals surface area contributed by atoms with Gasteiger partial charge >= 0.3 is 0 Å². The summed E-state index contributed by atoms with van der Waals surface area (Å²) in [5.74, 6) is 0.370. The Labute approximate surface area is 150 Å². The van der Waals surface area contributed by atoms with Gasteiger partial charge in [-0.2, -0.15) is 5.10 Å². The van der Waals surface area contributed by atoms with Gasteiger partial charge in [-0.15, -0.1) is 0 Å². The monoisotopic (exact) mass is 349 g/mol. The summed E-state index contributed by atoms with van der Waals surface area (Å²) in [6.07, 6.45) is 3.89. The molecule has 0 aliphatic carbocycles. The Bertz CT molecular complexity index is 595. The van der Waals surface area contributed by atoms with Crippen LogP contribution in [0.15, 0.2) is 23.3 Å². The van der Waals surface area contributed by atoms with Gasteiger partial charge in [-0.3, -0.25) is 5.43 Å². The molecule has 5 nitrogen and oxygen atoms in total. The molecule has 0 saturated carbocycles. The molecule has 0 unspecified atom stereocenters. The van der Waals surface area contributed by atoms with Crippen molar-refractivity contribution in [3.63, 3.8) is 0 Å². The standard InChI is InChI=1S/C18H28N4OS/c1-13(2)19-18(24)21-20-14(3)15-7-8-17(23)16(11-15)12-22-9-5-4-6-10-22/h7-8,11,13,23H,4-6,9-10,12H2,1-3H3,(H2,19,21,24)/p+1/b20-14+. The van der Waals surface area contributed by atoms with Crippen molar-refractivity contribution >= 4 is 23.0 Å². The predicted molar refractivity (Wildman–Crippen MR) is 103 cm³/mol. The van der Waals surface area contributed by atoms with Crippen LogP contribution in [0.1, 0.15) is 51.2 Å². The molecule has 1 heterocycles. The zero-order valence-electron chi connectivity index (χ0n) is 14.9. The lowest BCUT2D eigenvalue weighted by Gasteiger charge is -2.24. The molecule has 0 aromatic heterocycles. The predicted octanol–water partition coefficient (Wildman–Crippen LogP) is 1.56. The van der Waals surface area contributed by atoms with Crippen LogP contribution in [0, 0.1) is 0 Å². The van der Waals surface area contributed by atoms with Crippen LogP contribution in [0.5, 0.6) is 5.75 Å². The van der Waals surface area contributed by atoms with Crippen molar-refractivity contribution in [2.24, 2.45) is 5.10 Å². The molecule has 1 aliphatic heterocycles. The molecule has 1 aromatic rings. The van der Waals surface area contributed by atoms with E-state index in [1.54, 1.807) is 11.0 Å². The molecule has 1 aromatic carbocycles. The Kier molecular flexibility index (Phi) is 6.99. The number of aromatic hydroxyl groups is 1. The molecular formula is C18H29N4OS+. The van der Waals surface area contributed by atoms with E-state index < -0.39 is 0 Å². The highest BCUT2D eigenvalue weighted by molar-refractivity contribution is 7.80. The number of thiocarbonyl (C=S) groups is 1. The van der Waals surface area contributed by atoms with Crippen LogP contribution in [-0.2, 0) is 6.54 Å². The fraction of sp³-hybridized carbons (Fsp3) is 0.556. The second kappa shape index (κ2) is 8.99. The van der Waals surface area contributed by atoms with E-state index in [0.29, 0.717) is 10.9 Å². The van der Waals surface area contributed by atoms with E-state index in [0.717, 1.165) is 23.4 Å². The summed E-state index contributed by atoms with van der Waals surface area (Å²) in [5.41, 5.74) is 5.70. The van der Waals surface area contributed by atoms with E-state index in [4.69, 9.17) is 12.2 Å². The maximum Gasteiger partial charge on any atom is 0.187 e. The number of likely N-dealkylation sites (tertiary alicyclic amines) is 1. The van der Waals surface area contributed by atoms with Crippen LogP contribution in [0.3, 0.4) is 0 Å². The number of nitrogens with one attached hydrogen (secondary N) is 3. The van der Waals surface area contributed by atoms with E-state index in [2.05, 4.69) is 15.8 Å². The summed E-state index contributed by atoms with van der Waals surface area (Å²) in [7, 11) is 0. The molecule has 4 N–H and O–H groups in total. The maximum absolute atomic E-state index is 10.2. The van der Waals surface area contributed by atoms with Gasteiger partial charge in [0.25, 0.3) is 0 Å². The zero-order valence-corrected chi connectivity index (χ0v) is 15.7. The number of piperidine rings is 1.